The lowest BCUT2D eigenvalue weighted by Crippen LogP contribution is -2.55. The second-order valence-electron chi connectivity index (χ2n) is 12.4. The molecule has 1 unspecified atom stereocenters. The van der Waals surface area contributed by atoms with E-state index in [1.807, 2.05) is 18.7 Å². The molecule has 3 saturated carbocycles. The summed E-state index contributed by atoms with van der Waals surface area (Å²) in [4.78, 5) is 39.7. The van der Waals surface area contributed by atoms with Crippen molar-refractivity contribution in [2.24, 2.45) is 11.3 Å². The van der Waals surface area contributed by atoms with E-state index in [2.05, 4.69) is 58.0 Å². The first-order valence-electron chi connectivity index (χ1n) is 14.6. The normalized spacial score (nSPS) is 25.3. The number of amides is 2. The van der Waals surface area contributed by atoms with Gasteiger partial charge in [0.1, 0.15) is 12.4 Å². The lowest BCUT2D eigenvalue weighted by Gasteiger charge is -2.64. The van der Waals surface area contributed by atoms with Gasteiger partial charge in [-0.1, -0.05) is 30.8 Å². The number of ether oxygens (including phenoxy) is 1. The zero-order valence-corrected chi connectivity index (χ0v) is 23.8. The highest BCUT2D eigenvalue weighted by molar-refractivity contribution is 5.89. The molecule has 7 rings (SSSR count). The van der Waals surface area contributed by atoms with E-state index in [9.17, 15) is 9.59 Å². The first-order valence-corrected chi connectivity index (χ1v) is 14.6. The van der Waals surface area contributed by atoms with Crippen molar-refractivity contribution >= 4 is 23.8 Å². The predicted molar refractivity (Wildman–Crippen MR) is 154 cm³/mol. The largest absolute Gasteiger partial charge is 0.444 e. The van der Waals surface area contributed by atoms with Crippen molar-refractivity contribution in [2.75, 3.05) is 36.4 Å². The van der Waals surface area contributed by atoms with Gasteiger partial charge in [-0.3, -0.25) is 14.6 Å². The van der Waals surface area contributed by atoms with Crippen LogP contribution in [0.2, 0.25) is 0 Å². The van der Waals surface area contributed by atoms with E-state index in [1.54, 1.807) is 11.1 Å². The number of rotatable bonds is 9. The predicted octanol–water partition coefficient (Wildman–Crippen LogP) is 5.08. The van der Waals surface area contributed by atoms with Gasteiger partial charge in [0.15, 0.2) is 0 Å². The minimum Gasteiger partial charge on any atom is -0.444 e. The maximum absolute atomic E-state index is 12.3. The van der Waals surface area contributed by atoms with Crippen molar-refractivity contribution in [3.8, 4) is 0 Å². The first-order chi connectivity index (χ1) is 19.2. The van der Waals surface area contributed by atoms with E-state index in [1.165, 1.54) is 37.3 Å². The third-order valence-corrected chi connectivity index (χ3v) is 9.33. The molecule has 3 aliphatic carbocycles. The van der Waals surface area contributed by atoms with Gasteiger partial charge in [0.25, 0.3) is 0 Å². The highest BCUT2D eigenvalue weighted by atomic mass is 16.6. The van der Waals surface area contributed by atoms with Crippen LogP contribution in [0.25, 0.3) is 0 Å². The molecule has 1 N–H and O–H groups in total. The highest BCUT2D eigenvalue weighted by Crippen LogP contribution is 2.68. The van der Waals surface area contributed by atoms with Gasteiger partial charge in [0, 0.05) is 44.5 Å². The molecule has 3 heterocycles. The Labute approximate surface area is 236 Å². The van der Waals surface area contributed by atoms with Gasteiger partial charge in [-0.15, -0.1) is 0 Å². The van der Waals surface area contributed by atoms with Crippen molar-refractivity contribution < 1.29 is 14.3 Å². The fraction of sp³-hybridized carbons (Fsp3) is 0.548. The fourth-order valence-corrected chi connectivity index (χ4v) is 6.97. The van der Waals surface area contributed by atoms with Gasteiger partial charge < -0.3 is 15.0 Å². The van der Waals surface area contributed by atoms with E-state index in [0.717, 1.165) is 43.2 Å². The molecule has 212 valence electrons. The standard InChI is InChI=1S/C31H40N6O3/c1-5-27(38)36-12-10-35(11-13-36)26(17-31-14-22(15-31)16-31)24-8-6-23(7-9-24)21(4)33-29-32-18-25-19-40-30(39)37(20(2)3)28(25)34-29/h5-9,18,20-22,26H,1,10-17,19H2,2-4H3,(H,32,33,34)/t21-,22?,26?,31?/m0/s1. The molecule has 1 aromatic heterocycles. The van der Waals surface area contributed by atoms with Crippen LogP contribution in [0.3, 0.4) is 0 Å². The summed E-state index contributed by atoms with van der Waals surface area (Å²) in [6.07, 6.45) is 8.12. The average molecular weight is 545 g/mol. The van der Waals surface area contributed by atoms with Gasteiger partial charge in [-0.2, -0.15) is 4.98 Å². The van der Waals surface area contributed by atoms with E-state index in [4.69, 9.17) is 4.74 Å². The van der Waals surface area contributed by atoms with Crippen LogP contribution >= 0.6 is 0 Å². The van der Waals surface area contributed by atoms with Crippen LogP contribution in [-0.2, 0) is 16.1 Å². The van der Waals surface area contributed by atoms with Crippen LogP contribution in [0, 0.1) is 11.3 Å². The number of aromatic nitrogens is 2. The Morgan fingerprint density at radius 3 is 2.40 bits per heavy atom. The summed E-state index contributed by atoms with van der Waals surface area (Å²) < 4.78 is 5.27. The molecule has 2 aliphatic heterocycles. The summed E-state index contributed by atoms with van der Waals surface area (Å²) in [6.45, 7) is 13.1. The van der Waals surface area contributed by atoms with Crippen LogP contribution in [0.5, 0.6) is 0 Å². The summed E-state index contributed by atoms with van der Waals surface area (Å²) in [5.74, 6) is 2.09. The van der Waals surface area contributed by atoms with Crippen molar-refractivity contribution in [2.45, 2.75) is 71.2 Å². The number of benzene rings is 1. The smallest absolute Gasteiger partial charge is 0.416 e. The molecule has 4 fully saturated rings. The molecule has 9 nitrogen and oxygen atoms in total. The summed E-state index contributed by atoms with van der Waals surface area (Å²) >= 11 is 0. The molecule has 2 aromatic rings. The van der Waals surface area contributed by atoms with Crippen LogP contribution < -0.4 is 10.2 Å². The number of anilines is 2. The monoisotopic (exact) mass is 544 g/mol. The Morgan fingerprint density at radius 2 is 1.80 bits per heavy atom. The zero-order valence-electron chi connectivity index (χ0n) is 23.8. The second kappa shape index (κ2) is 10.5. The highest BCUT2D eigenvalue weighted by Gasteiger charge is 2.57. The van der Waals surface area contributed by atoms with Crippen LogP contribution in [0.4, 0.5) is 16.6 Å². The summed E-state index contributed by atoms with van der Waals surface area (Å²) in [7, 11) is 0. The lowest BCUT2D eigenvalue weighted by atomic mass is 9.42. The minimum atomic E-state index is -0.377. The molecule has 1 saturated heterocycles. The van der Waals surface area contributed by atoms with Crippen LogP contribution in [-0.4, -0.2) is 64.0 Å². The quantitative estimate of drug-likeness (QED) is 0.441. The lowest BCUT2D eigenvalue weighted by molar-refractivity contribution is -0.134. The Morgan fingerprint density at radius 1 is 1.12 bits per heavy atom. The van der Waals surface area contributed by atoms with Gasteiger partial charge >= 0.3 is 6.09 Å². The fourth-order valence-electron chi connectivity index (χ4n) is 6.97. The van der Waals surface area contributed by atoms with E-state index in [-0.39, 0.29) is 30.7 Å². The maximum atomic E-state index is 12.3. The van der Waals surface area contributed by atoms with Gasteiger partial charge in [0.2, 0.25) is 11.9 Å². The molecule has 9 heteroatoms. The number of hydrogen-bond acceptors (Lipinski definition) is 7. The zero-order chi connectivity index (χ0) is 28.0. The Kier molecular flexibility index (Phi) is 7.02. The number of carbonyl (C=O) groups excluding carboxylic acids is 2. The molecule has 0 spiro atoms. The Hall–Kier alpha value is -3.46. The summed E-state index contributed by atoms with van der Waals surface area (Å²) in [6, 6.07) is 9.24. The van der Waals surface area contributed by atoms with Crippen molar-refractivity contribution in [3.63, 3.8) is 0 Å². The van der Waals surface area contributed by atoms with Crippen LogP contribution in [0.1, 0.15) is 75.2 Å². The van der Waals surface area contributed by atoms with E-state index < -0.39 is 0 Å². The Bertz CT molecular complexity index is 1270. The van der Waals surface area contributed by atoms with Crippen molar-refractivity contribution in [1.29, 1.82) is 0 Å². The number of piperazine rings is 1. The maximum Gasteiger partial charge on any atom is 0.416 e. The SMILES string of the molecule is C=CC(=O)N1CCN(C(CC23CC(C2)C3)c2ccc([C@H](C)Nc3ncc4c(n3)N(C(C)C)C(=O)OC4)cc2)CC1. The van der Waals surface area contributed by atoms with Gasteiger partial charge in [-0.25, -0.2) is 9.78 Å². The van der Waals surface area contributed by atoms with E-state index >= 15 is 0 Å². The molecule has 1 aromatic carbocycles. The molecule has 40 heavy (non-hydrogen) atoms. The average Bonchev–Trinajstić information content (AvgIpc) is 2.91. The molecular formula is C31H40N6O3. The number of hydrogen-bond donors (Lipinski definition) is 1. The number of fused-ring (bicyclic) bond motifs is 1. The number of carbonyl (C=O) groups is 2. The van der Waals surface area contributed by atoms with Crippen molar-refractivity contribution in [1.82, 2.24) is 19.8 Å². The molecular weight excluding hydrogens is 504 g/mol. The Balaban J connectivity index is 1.16. The molecule has 2 atom stereocenters. The molecule has 5 aliphatic rings. The number of cyclic esters (lactones) is 1. The number of nitrogens with one attached hydrogen (secondary N) is 1. The minimum absolute atomic E-state index is 0.0142. The van der Waals surface area contributed by atoms with Gasteiger partial charge in [-0.05, 0) is 75.0 Å². The number of nitrogens with zero attached hydrogens (tertiary/aromatic N) is 5. The summed E-state index contributed by atoms with van der Waals surface area (Å²) in [5, 5.41) is 3.42. The molecule has 2 amide bonds. The topological polar surface area (TPSA) is 90.9 Å². The molecule has 2 bridgehead atoms. The van der Waals surface area contributed by atoms with Gasteiger partial charge in [0.05, 0.1) is 11.6 Å². The van der Waals surface area contributed by atoms with Crippen molar-refractivity contribution in [3.05, 3.63) is 59.8 Å². The second-order valence-corrected chi connectivity index (χ2v) is 12.4. The third-order valence-electron chi connectivity index (χ3n) is 9.33. The molecule has 0 radical (unpaired) electrons. The summed E-state index contributed by atoms with van der Waals surface area (Å²) in [5.41, 5.74) is 3.83. The first kappa shape index (κ1) is 26.7. The van der Waals surface area contributed by atoms with Crippen LogP contribution in [0.15, 0.2) is 43.1 Å². The van der Waals surface area contributed by atoms with E-state index in [0.29, 0.717) is 23.2 Å². The third kappa shape index (κ3) is 4.96.